The van der Waals surface area contributed by atoms with Crippen LogP contribution in [0.2, 0.25) is 5.02 Å². The summed E-state index contributed by atoms with van der Waals surface area (Å²) in [5.41, 5.74) is 7.68. The number of tetrazole rings is 1. The van der Waals surface area contributed by atoms with Crippen LogP contribution in [-0.4, -0.2) is 20.2 Å². The van der Waals surface area contributed by atoms with E-state index in [9.17, 15) is 4.39 Å². The number of nitrogens with zero attached hydrogens (tertiary/aromatic N) is 4. The molecule has 8 heteroatoms. The first kappa shape index (κ1) is 14.0. The maximum atomic E-state index is 13.3. The fourth-order valence-corrected chi connectivity index (χ4v) is 2.58. The zero-order valence-corrected chi connectivity index (χ0v) is 12.8. The van der Waals surface area contributed by atoms with Crippen molar-refractivity contribution in [2.24, 2.45) is 0 Å². The lowest BCUT2D eigenvalue weighted by atomic mass is 10.2. The van der Waals surface area contributed by atoms with E-state index in [0.29, 0.717) is 17.2 Å². The predicted octanol–water partition coefficient (Wildman–Crippen LogP) is 3.47. The molecule has 106 valence electrons. The van der Waals surface area contributed by atoms with Gasteiger partial charge in [-0.05, 0) is 46.8 Å². The quantitative estimate of drug-likeness (QED) is 0.703. The fraction of sp³-hybridized carbons (Fsp3) is 0. The lowest BCUT2D eigenvalue weighted by Crippen LogP contribution is -2.00. The van der Waals surface area contributed by atoms with Gasteiger partial charge in [0.1, 0.15) is 5.82 Å². The summed E-state index contributed by atoms with van der Waals surface area (Å²) in [5.74, 6) is -0.0209. The summed E-state index contributed by atoms with van der Waals surface area (Å²) in [6.45, 7) is 0. The lowest BCUT2D eigenvalue weighted by Gasteiger charge is -2.06. The third-order valence-electron chi connectivity index (χ3n) is 2.80. The average Bonchev–Trinajstić information content (AvgIpc) is 2.90. The van der Waals surface area contributed by atoms with Crippen molar-refractivity contribution in [2.75, 3.05) is 5.73 Å². The molecule has 2 aromatic carbocycles. The summed E-state index contributed by atoms with van der Waals surface area (Å²) in [5, 5.41) is 11.6. The molecule has 0 saturated heterocycles. The zero-order chi connectivity index (χ0) is 15.0. The van der Waals surface area contributed by atoms with E-state index in [4.69, 9.17) is 17.3 Å². The first-order valence-corrected chi connectivity index (χ1v) is 7.02. The highest BCUT2D eigenvalue weighted by molar-refractivity contribution is 9.10. The molecule has 0 spiro atoms. The summed E-state index contributed by atoms with van der Waals surface area (Å²) >= 11 is 9.17. The van der Waals surface area contributed by atoms with E-state index in [-0.39, 0.29) is 5.02 Å². The zero-order valence-electron chi connectivity index (χ0n) is 10.5. The minimum absolute atomic E-state index is 0.00251. The number of nitrogens with two attached hydrogens (primary N) is 1. The third-order valence-corrected chi connectivity index (χ3v) is 3.54. The fourth-order valence-electron chi connectivity index (χ4n) is 1.90. The van der Waals surface area contributed by atoms with Gasteiger partial charge in [-0.25, -0.2) is 4.39 Å². The molecular formula is C13H8BrClFN5. The number of rotatable bonds is 2. The molecular weight excluding hydrogens is 361 g/mol. The molecule has 1 heterocycles. The minimum Gasteiger partial charge on any atom is -0.399 e. The van der Waals surface area contributed by atoms with Gasteiger partial charge in [0.25, 0.3) is 0 Å². The molecule has 0 aliphatic rings. The topological polar surface area (TPSA) is 69.6 Å². The van der Waals surface area contributed by atoms with Crippen LogP contribution in [0.15, 0.2) is 40.9 Å². The van der Waals surface area contributed by atoms with Gasteiger partial charge < -0.3 is 5.73 Å². The molecule has 0 aliphatic heterocycles. The Morgan fingerprint density at radius 2 is 2.00 bits per heavy atom. The van der Waals surface area contributed by atoms with Gasteiger partial charge in [-0.2, -0.15) is 4.68 Å². The number of anilines is 1. The van der Waals surface area contributed by atoms with Crippen molar-refractivity contribution in [3.63, 3.8) is 0 Å². The van der Waals surface area contributed by atoms with Gasteiger partial charge in [0, 0.05) is 15.7 Å². The van der Waals surface area contributed by atoms with Crippen molar-refractivity contribution < 1.29 is 4.39 Å². The number of benzene rings is 2. The van der Waals surface area contributed by atoms with Crippen LogP contribution in [0.4, 0.5) is 10.1 Å². The van der Waals surface area contributed by atoms with E-state index >= 15 is 0 Å². The van der Waals surface area contributed by atoms with Gasteiger partial charge in [0.05, 0.1) is 10.7 Å². The smallest absolute Gasteiger partial charge is 0.187 e. The molecule has 21 heavy (non-hydrogen) atoms. The Hall–Kier alpha value is -1.99. The SMILES string of the molecule is Nc1cc(Br)cc(-c2nnnn2-c2ccc(F)c(Cl)c2)c1. The first-order chi connectivity index (χ1) is 10.0. The molecule has 2 N–H and O–H groups in total. The molecule has 0 radical (unpaired) electrons. The Kier molecular flexibility index (Phi) is 3.60. The van der Waals surface area contributed by atoms with Gasteiger partial charge in [-0.15, -0.1) is 5.10 Å². The average molecular weight is 369 g/mol. The van der Waals surface area contributed by atoms with Crippen LogP contribution < -0.4 is 5.73 Å². The van der Waals surface area contributed by atoms with Gasteiger partial charge in [0.2, 0.25) is 0 Å². The van der Waals surface area contributed by atoms with Crippen LogP contribution in [0.3, 0.4) is 0 Å². The summed E-state index contributed by atoms with van der Waals surface area (Å²) in [7, 11) is 0. The monoisotopic (exact) mass is 367 g/mol. The van der Waals surface area contributed by atoms with E-state index in [1.165, 1.54) is 16.8 Å². The molecule has 0 atom stereocenters. The Labute approximate surface area is 132 Å². The van der Waals surface area contributed by atoms with E-state index in [2.05, 4.69) is 31.5 Å². The normalized spacial score (nSPS) is 10.8. The standard InChI is InChI=1S/C13H8BrClFN5/c14-8-3-7(4-9(17)5-8)13-18-19-20-21(13)10-1-2-12(16)11(15)6-10/h1-6H,17H2. The highest BCUT2D eigenvalue weighted by Gasteiger charge is 2.13. The maximum Gasteiger partial charge on any atom is 0.187 e. The molecule has 0 amide bonds. The van der Waals surface area contributed by atoms with Crippen LogP contribution in [-0.2, 0) is 0 Å². The van der Waals surface area contributed by atoms with E-state index < -0.39 is 5.82 Å². The van der Waals surface area contributed by atoms with E-state index in [0.717, 1.165) is 10.0 Å². The van der Waals surface area contributed by atoms with Crippen molar-refractivity contribution in [1.29, 1.82) is 0 Å². The van der Waals surface area contributed by atoms with Crippen molar-refractivity contribution >= 4 is 33.2 Å². The molecule has 3 aromatic rings. The molecule has 0 bridgehead atoms. The third kappa shape index (κ3) is 2.74. The number of nitrogen functional groups attached to an aromatic ring is 1. The van der Waals surface area contributed by atoms with Crippen molar-refractivity contribution in [2.45, 2.75) is 0 Å². The highest BCUT2D eigenvalue weighted by atomic mass is 79.9. The summed E-state index contributed by atoms with van der Waals surface area (Å²) in [6, 6.07) is 9.62. The summed E-state index contributed by atoms with van der Waals surface area (Å²) in [6.07, 6.45) is 0. The summed E-state index contributed by atoms with van der Waals surface area (Å²) < 4.78 is 15.5. The number of hydrogen-bond acceptors (Lipinski definition) is 4. The predicted molar refractivity (Wildman–Crippen MR) is 81.7 cm³/mol. The maximum absolute atomic E-state index is 13.3. The van der Waals surface area contributed by atoms with Crippen molar-refractivity contribution in [1.82, 2.24) is 20.2 Å². The molecule has 0 fully saturated rings. The second-order valence-corrected chi connectivity index (χ2v) is 5.61. The largest absolute Gasteiger partial charge is 0.399 e. The second-order valence-electron chi connectivity index (χ2n) is 4.29. The van der Waals surface area contributed by atoms with Crippen LogP contribution >= 0.6 is 27.5 Å². The van der Waals surface area contributed by atoms with Gasteiger partial charge in [-0.1, -0.05) is 27.5 Å². The molecule has 0 aliphatic carbocycles. The van der Waals surface area contributed by atoms with Crippen molar-refractivity contribution in [3.05, 3.63) is 51.7 Å². The lowest BCUT2D eigenvalue weighted by molar-refractivity contribution is 0.627. The minimum atomic E-state index is -0.498. The van der Waals surface area contributed by atoms with E-state index in [1.54, 1.807) is 18.2 Å². The highest BCUT2D eigenvalue weighted by Crippen LogP contribution is 2.27. The Morgan fingerprint density at radius 1 is 1.19 bits per heavy atom. The first-order valence-electron chi connectivity index (χ1n) is 5.85. The van der Waals surface area contributed by atoms with E-state index in [1.807, 2.05) is 6.07 Å². The molecule has 3 rings (SSSR count). The molecule has 0 saturated carbocycles. The molecule has 5 nitrogen and oxygen atoms in total. The van der Waals surface area contributed by atoms with Gasteiger partial charge in [0.15, 0.2) is 5.82 Å². The Bertz CT molecular complexity index is 800. The van der Waals surface area contributed by atoms with Crippen LogP contribution in [0.5, 0.6) is 0 Å². The Morgan fingerprint density at radius 3 is 2.71 bits per heavy atom. The number of aromatic nitrogens is 4. The summed E-state index contributed by atoms with van der Waals surface area (Å²) in [4.78, 5) is 0. The van der Waals surface area contributed by atoms with Crippen LogP contribution in [0.1, 0.15) is 0 Å². The number of hydrogen-bond donors (Lipinski definition) is 1. The second kappa shape index (κ2) is 5.42. The van der Waals surface area contributed by atoms with Crippen LogP contribution in [0, 0.1) is 5.82 Å². The van der Waals surface area contributed by atoms with Crippen LogP contribution in [0.25, 0.3) is 17.1 Å². The van der Waals surface area contributed by atoms with Gasteiger partial charge in [-0.3, -0.25) is 0 Å². The number of halogens is 3. The Balaban J connectivity index is 2.14. The molecule has 0 unspecified atom stereocenters. The molecule has 1 aromatic heterocycles. The van der Waals surface area contributed by atoms with Crippen molar-refractivity contribution in [3.8, 4) is 17.1 Å². The van der Waals surface area contributed by atoms with Gasteiger partial charge >= 0.3 is 0 Å².